The third-order valence-corrected chi connectivity index (χ3v) is 2.52. The van der Waals surface area contributed by atoms with Crippen LogP contribution in [0, 0.1) is 0 Å². The maximum Gasteiger partial charge on any atom is 0.411 e. The maximum atomic E-state index is 11.8. The summed E-state index contributed by atoms with van der Waals surface area (Å²) in [4.78, 5) is 12.9. The predicted octanol–water partition coefficient (Wildman–Crippen LogP) is 0.303. The number of nitrogens with two attached hydrogens (primary N) is 1. The van der Waals surface area contributed by atoms with Gasteiger partial charge in [0.15, 0.2) is 5.84 Å². The number of rotatable bonds is 4. The number of carbonyl (C=O) groups is 1. The third kappa shape index (κ3) is 4.06. The summed E-state index contributed by atoms with van der Waals surface area (Å²) in [5, 5.41) is 11.3. The Morgan fingerprint density at radius 2 is 2.22 bits per heavy atom. The highest BCUT2D eigenvalue weighted by molar-refractivity contribution is 5.90. The Hall–Kier alpha value is -1.51. The van der Waals surface area contributed by atoms with Crippen molar-refractivity contribution in [3.63, 3.8) is 0 Å². The van der Waals surface area contributed by atoms with E-state index in [4.69, 9.17) is 10.9 Å². The minimum atomic E-state index is -4.46. The van der Waals surface area contributed by atoms with Crippen molar-refractivity contribution >= 4 is 11.7 Å². The molecular formula is C9H14F3N3O3. The fourth-order valence-corrected chi connectivity index (χ4v) is 1.78. The van der Waals surface area contributed by atoms with Crippen LogP contribution in [0.1, 0.15) is 12.8 Å². The first-order chi connectivity index (χ1) is 8.35. The number of nitrogens with zero attached hydrogens (tertiary/aromatic N) is 2. The van der Waals surface area contributed by atoms with Crippen molar-refractivity contribution in [1.82, 2.24) is 4.90 Å². The van der Waals surface area contributed by atoms with Crippen LogP contribution >= 0.6 is 0 Å². The molecule has 0 bridgehead atoms. The van der Waals surface area contributed by atoms with Crippen molar-refractivity contribution in [2.24, 2.45) is 10.9 Å². The molecule has 1 aliphatic rings. The number of amidine groups is 1. The molecule has 0 spiro atoms. The van der Waals surface area contributed by atoms with Crippen LogP contribution in [0.5, 0.6) is 0 Å². The molecular weight excluding hydrogens is 255 g/mol. The summed E-state index contributed by atoms with van der Waals surface area (Å²) in [6.45, 7) is -1.79. The van der Waals surface area contributed by atoms with Gasteiger partial charge in [0, 0.05) is 6.54 Å². The Kier molecular flexibility index (Phi) is 4.76. The van der Waals surface area contributed by atoms with Gasteiger partial charge in [-0.25, -0.2) is 0 Å². The lowest BCUT2D eigenvalue weighted by Crippen LogP contribution is -2.45. The standard InChI is InChI=1S/C9H14F3N3O3/c10-9(11,12)5-18-4-7(16)15-3-1-2-6(15)8(13)14-17/h6,17H,1-5H2,(H2,13,14). The van der Waals surface area contributed by atoms with E-state index >= 15 is 0 Å². The van der Waals surface area contributed by atoms with Crippen LogP contribution in [0.25, 0.3) is 0 Å². The Morgan fingerprint density at radius 1 is 1.56 bits per heavy atom. The molecule has 104 valence electrons. The molecule has 0 aromatic rings. The van der Waals surface area contributed by atoms with Gasteiger partial charge in [-0.2, -0.15) is 13.2 Å². The van der Waals surface area contributed by atoms with Crippen molar-refractivity contribution in [2.75, 3.05) is 19.8 Å². The summed E-state index contributed by atoms with van der Waals surface area (Å²) in [5.74, 6) is -0.731. The van der Waals surface area contributed by atoms with Gasteiger partial charge in [-0.05, 0) is 12.8 Å². The number of oxime groups is 1. The summed E-state index contributed by atoms with van der Waals surface area (Å²) in [7, 11) is 0. The van der Waals surface area contributed by atoms with E-state index in [2.05, 4.69) is 9.89 Å². The molecule has 1 aliphatic heterocycles. The van der Waals surface area contributed by atoms with Crippen LogP contribution < -0.4 is 5.73 Å². The fourth-order valence-electron chi connectivity index (χ4n) is 1.78. The molecule has 0 aromatic heterocycles. The highest BCUT2D eigenvalue weighted by atomic mass is 19.4. The predicted molar refractivity (Wildman–Crippen MR) is 55.0 cm³/mol. The Bertz CT molecular complexity index is 333. The van der Waals surface area contributed by atoms with Gasteiger partial charge in [-0.1, -0.05) is 5.16 Å². The van der Waals surface area contributed by atoms with Crippen LogP contribution in [0.15, 0.2) is 5.16 Å². The molecule has 1 unspecified atom stereocenters. The average molecular weight is 269 g/mol. The van der Waals surface area contributed by atoms with E-state index in [9.17, 15) is 18.0 Å². The molecule has 1 atom stereocenters. The van der Waals surface area contributed by atoms with E-state index in [1.807, 2.05) is 0 Å². The van der Waals surface area contributed by atoms with Gasteiger partial charge < -0.3 is 20.6 Å². The minimum Gasteiger partial charge on any atom is -0.409 e. The highest BCUT2D eigenvalue weighted by Crippen LogP contribution is 2.18. The molecule has 0 radical (unpaired) electrons. The number of alkyl halides is 3. The van der Waals surface area contributed by atoms with E-state index in [1.54, 1.807) is 0 Å². The number of ether oxygens (including phenoxy) is 1. The molecule has 18 heavy (non-hydrogen) atoms. The van der Waals surface area contributed by atoms with Crippen molar-refractivity contribution in [3.05, 3.63) is 0 Å². The number of halogens is 3. The van der Waals surface area contributed by atoms with Crippen molar-refractivity contribution in [1.29, 1.82) is 0 Å². The first-order valence-electron chi connectivity index (χ1n) is 5.26. The molecule has 0 saturated carbocycles. The first-order valence-corrected chi connectivity index (χ1v) is 5.26. The smallest absolute Gasteiger partial charge is 0.409 e. The second-order valence-corrected chi connectivity index (χ2v) is 3.88. The van der Waals surface area contributed by atoms with Crippen LogP contribution in [-0.2, 0) is 9.53 Å². The summed E-state index contributed by atoms with van der Waals surface area (Å²) < 4.78 is 39.7. The zero-order valence-electron chi connectivity index (χ0n) is 9.48. The summed E-state index contributed by atoms with van der Waals surface area (Å²) in [6, 6.07) is -0.572. The normalized spacial score (nSPS) is 21.4. The molecule has 0 aromatic carbocycles. The SMILES string of the molecule is NC(=NO)C1CCCN1C(=O)COCC(F)(F)F. The maximum absolute atomic E-state index is 11.8. The summed E-state index contributed by atoms with van der Waals surface area (Å²) >= 11 is 0. The summed E-state index contributed by atoms with van der Waals surface area (Å²) in [6.07, 6.45) is -3.30. The molecule has 3 N–H and O–H groups in total. The molecule has 1 heterocycles. The van der Waals surface area contributed by atoms with Gasteiger partial charge in [0.2, 0.25) is 5.91 Å². The van der Waals surface area contributed by atoms with Crippen LogP contribution in [0.3, 0.4) is 0 Å². The molecule has 1 amide bonds. The second kappa shape index (κ2) is 5.89. The van der Waals surface area contributed by atoms with E-state index in [0.29, 0.717) is 19.4 Å². The zero-order valence-corrected chi connectivity index (χ0v) is 9.48. The molecule has 1 rings (SSSR count). The van der Waals surface area contributed by atoms with E-state index in [-0.39, 0.29) is 5.84 Å². The Labute approximate surface area is 101 Å². The number of amides is 1. The highest BCUT2D eigenvalue weighted by Gasteiger charge is 2.33. The van der Waals surface area contributed by atoms with E-state index < -0.39 is 31.3 Å². The van der Waals surface area contributed by atoms with E-state index in [0.717, 1.165) is 0 Å². The van der Waals surface area contributed by atoms with Crippen molar-refractivity contribution in [3.8, 4) is 0 Å². The van der Waals surface area contributed by atoms with Crippen LogP contribution in [0.2, 0.25) is 0 Å². The lowest BCUT2D eigenvalue weighted by molar-refractivity contribution is -0.177. The van der Waals surface area contributed by atoms with Crippen molar-refractivity contribution in [2.45, 2.75) is 25.1 Å². The molecule has 1 saturated heterocycles. The largest absolute Gasteiger partial charge is 0.411 e. The van der Waals surface area contributed by atoms with Crippen LogP contribution in [-0.4, -0.2) is 53.8 Å². The number of hydrogen-bond acceptors (Lipinski definition) is 4. The number of hydrogen-bond donors (Lipinski definition) is 2. The molecule has 0 aliphatic carbocycles. The van der Waals surface area contributed by atoms with Gasteiger partial charge in [0.25, 0.3) is 0 Å². The monoisotopic (exact) mass is 269 g/mol. The minimum absolute atomic E-state index is 0.128. The Morgan fingerprint density at radius 3 is 2.78 bits per heavy atom. The number of carbonyl (C=O) groups excluding carboxylic acids is 1. The van der Waals surface area contributed by atoms with Gasteiger partial charge in [-0.3, -0.25) is 4.79 Å². The summed E-state index contributed by atoms with van der Waals surface area (Å²) in [5.41, 5.74) is 5.39. The second-order valence-electron chi connectivity index (χ2n) is 3.88. The quantitative estimate of drug-likeness (QED) is 0.332. The Balaban J connectivity index is 2.46. The molecule has 1 fully saturated rings. The van der Waals surface area contributed by atoms with E-state index in [1.165, 1.54) is 4.90 Å². The molecule has 6 nitrogen and oxygen atoms in total. The van der Waals surface area contributed by atoms with Gasteiger partial charge >= 0.3 is 6.18 Å². The zero-order chi connectivity index (χ0) is 13.8. The lowest BCUT2D eigenvalue weighted by Gasteiger charge is -2.23. The topological polar surface area (TPSA) is 88.2 Å². The number of likely N-dealkylation sites (tertiary alicyclic amines) is 1. The van der Waals surface area contributed by atoms with Gasteiger partial charge in [-0.15, -0.1) is 0 Å². The third-order valence-electron chi connectivity index (χ3n) is 2.52. The van der Waals surface area contributed by atoms with Crippen LogP contribution in [0.4, 0.5) is 13.2 Å². The van der Waals surface area contributed by atoms with Crippen molar-refractivity contribution < 1.29 is 27.9 Å². The van der Waals surface area contributed by atoms with Gasteiger partial charge in [0.05, 0.1) is 6.04 Å². The fraction of sp³-hybridized carbons (Fsp3) is 0.778. The molecule has 9 heteroatoms. The lowest BCUT2D eigenvalue weighted by atomic mass is 10.2. The first kappa shape index (κ1) is 14.6. The average Bonchev–Trinajstić information content (AvgIpc) is 2.75. The van der Waals surface area contributed by atoms with Gasteiger partial charge in [0.1, 0.15) is 13.2 Å².